The first-order valence-corrected chi connectivity index (χ1v) is 15.6. The Morgan fingerprint density at radius 2 is 1.79 bits per heavy atom. The van der Waals surface area contributed by atoms with Crippen LogP contribution in [-0.2, 0) is 23.9 Å². The second-order valence-corrected chi connectivity index (χ2v) is 11.5. The van der Waals surface area contributed by atoms with Crippen LogP contribution in [0.1, 0.15) is 53.9 Å². The van der Waals surface area contributed by atoms with E-state index >= 15 is 0 Å². The Morgan fingerprint density at radius 3 is 2.45 bits per heavy atom. The molecule has 224 valence electrons. The van der Waals surface area contributed by atoms with Crippen LogP contribution in [0.25, 0.3) is 22.0 Å². The third-order valence-corrected chi connectivity index (χ3v) is 8.12. The summed E-state index contributed by atoms with van der Waals surface area (Å²) in [6.07, 6.45) is 3.55. The van der Waals surface area contributed by atoms with E-state index in [2.05, 4.69) is 29.0 Å². The molecule has 2 aromatic heterocycles. The van der Waals surface area contributed by atoms with Gasteiger partial charge in [0, 0.05) is 36.3 Å². The maximum atomic E-state index is 13.1. The molecule has 2 aromatic carbocycles. The summed E-state index contributed by atoms with van der Waals surface area (Å²) in [4.78, 5) is 31.6. The van der Waals surface area contributed by atoms with Crippen molar-refractivity contribution in [2.24, 2.45) is 7.05 Å². The van der Waals surface area contributed by atoms with Crippen LogP contribution in [0.3, 0.4) is 0 Å². The minimum atomic E-state index is -2.04. The van der Waals surface area contributed by atoms with Crippen LogP contribution in [0, 0.1) is 13.8 Å². The monoisotopic (exact) mass is 592 g/mol. The van der Waals surface area contributed by atoms with Crippen molar-refractivity contribution in [1.82, 2.24) is 19.8 Å². The molecular weight excluding hydrogens is 552 g/mol. The quantitative estimate of drug-likeness (QED) is 0.139. The molecule has 0 bridgehead atoms. The molecule has 3 N–H and O–H groups in total. The van der Waals surface area contributed by atoms with Gasteiger partial charge in [-0.3, -0.25) is 9.59 Å². The average Bonchev–Trinajstić information content (AvgIpc) is 3.41. The van der Waals surface area contributed by atoms with Crippen LogP contribution in [0.4, 0.5) is 0 Å². The molecule has 4 aromatic rings. The molecule has 0 aliphatic heterocycles. The topological polar surface area (TPSA) is 117 Å². The summed E-state index contributed by atoms with van der Waals surface area (Å²) in [6.45, 7) is 11.8. The highest BCUT2D eigenvalue weighted by molar-refractivity contribution is 7.78. The number of pyridine rings is 1. The van der Waals surface area contributed by atoms with E-state index in [0.29, 0.717) is 51.3 Å². The van der Waals surface area contributed by atoms with Crippen LogP contribution < -0.4 is 15.6 Å². The number of hydrogen-bond acceptors (Lipinski definition) is 5. The van der Waals surface area contributed by atoms with Gasteiger partial charge in [-0.1, -0.05) is 38.1 Å². The third kappa shape index (κ3) is 7.18. The Morgan fingerprint density at radius 1 is 1.07 bits per heavy atom. The molecule has 1 amide bonds. The Kier molecular flexibility index (Phi) is 10.4. The van der Waals surface area contributed by atoms with Crippen LogP contribution in [0.15, 0.2) is 53.5 Å². The number of aryl methyl sites for hydroxylation is 3. The molecule has 0 spiro atoms. The Hall–Kier alpha value is -3.73. The van der Waals surface area contributed by atoms with Gasteiger partial charge in [0.25, 0.3) is 11.5 Å². The van der Waals surface area contributed by atoms with E-state index in [0.717, 1.165) is 43.6 Å². The lowest BCUT2D eigenvalue weighted by molar-refractivity contribution is 0.0948. The van der Waals surface area contributed by atoms with Gasteiger partial charge in [0.05, 0.1) is 5.75 Å². The smallest absolute Gasteiger partial charge is 0.274 e. The van der Waals surface area contributed by atoms with E-state index in [1.807, 2.05) is 32.0 Å². The van der Waals surface area contributed by atoms with Crippen LogP contribution in [0.2, 0.25) is 0 Å². The molecule has 1 unspecified atom stereocenters. The molecule has 0 saturated heterocycles. The van der Waals surface area contributed by atoms with Crippen LogP contribution in [-0.4, -0.2) is 55.3 Å². The van der Waals surface area contributed by atoms with Crippen molar-refractivity contribution >= 4 is 27.9 Å². The minimum Gasteiger partial charge on any atom is -0.456 e. The fraction of sp³-hybridized carbons (Fsp3) is 0.375. The van der Waals surface area contributed by atoms with Crippen molar-refractivity contribution in [3.8, 4) is 22.6 Å². The minimum absolute atomic E-state index is 0.0549. The third-order valence-electron chi connectivity index (χ3n) is 7.54. The van der Waals surface area contributed by atoms with E-state index in [1.54, 1.807) is 37.5 Å². The summed E-state index contributed by atoms with van der Waals surface area (Å²) < 4.78 is 29.1. The number of benzene rings is 2. The van der Waals surface area contributed by atoms with E-state index in [-0.39, 0.29) is 17.2 Å². The molecule has 0 aliphatic rings. The van der Waals surface area contributed by atoms with Gasteiger partial charge in [-0.05, 0) is 81.2 Å². The van der Waals surface area contributed by atoms with Crippen LogP contribution >= 0.6 is 0 Å². The SMILES string of the molecule is CCN(CC)CCCCNC(=O)c1cc2c(-c3cc(CS(=O)O)ccc3Oc3c(C)cccc3C)cn(C)c(=O)c2[nH]1. The number of aromatic nitrogens is 2. The lowest BCUT2D eigenvalue weighted by atomic mass is 10.00. The number of H-pyrrole nitrogens is 1. The van der Waals surface area contributed by atoms with Crippen molar-refractivity contribution < 1.29 is 18.3 Å². The normalized spacial score (nSPS) is 12.2. The molecule has 0 aliphatic carbocycles. The van der Waals surface area contributed by atoms with Gasteiger partial charge in [0.2, 0.25) is 0 Å². The molecule has 9 nitrogen and oxygen atoms in total. The fourth-order valence-electron chi connectivity index (χ4n) is 5.15. The molecule has 0 radical (unpaired) electrons. The molecule has 1 atom stereocenters. The zero-order chi connectivity index (χ0) is 30.4. The number of rotatable bonds is 13. The Labute approximate surface area is 249 Å². The first-order valence-electron chi connectivity index (χ1n) is 14.3. The number of amides is 1. The van der Waals surface area contributed by atoms with E-state index < -0.39 is 11.1 Å². The van der Waals surface area contributed by atoms with Gasteiger partial charge < -0.3 is 29.1 Å². The number of aromatic amines is 1. The molecule has 0 saturated carbocycles. The summed E-state index contributed by atoms with van der Waals surface area (Å²) in [5.74, 6) is 0.910. The van der Waals surface area contributed by atoms with E-state index in [9.17, 15) is 18.4 Å². The summed E-state index contributed by atoms with van der Waals surface area (Å²) in [7, 11) is 1.65. The zero-order valence-corrected chi connectivity index (χ0v) is 25.8. The Balaban J connectivity index is 1.72. The van der Waals surface area contributed by atoms with Gasteiger partial charge >= 0.3 is 0 Å². The highest BCUT2D eigenvalue weighted by Gasteiger charge is 2.20. The van der Waals surface area contributed by atoms with E-state index in [1.165, 1.54) is 4.57 Å². The van der Waals surface area contributed by atoms with Crippen molar-refractivity contribution in [3.05, 3.63) is 81.4 Å². The van der Waals surface area contributed by atoms with Crippen molar-refractivity contribution in [2.75, 3.05) is 26.2 Å². The van der Waals surface area contributed by atoms with Gasteiger partial charge in [0.1, 0.15) is 22.7 Å². The number of ether oxygens (including phenoxy) is 1. The number of nitrogens with zero attached hydrogens (tertiary/aromatic N) is 2. The molecule has 4 rings (SSSR count). The summed E-state index contributed by atoms with van der Waals surface area (Å²) in [6, 6.07) is 12.9. The molecule has 2 heterocycles. The Bertz CT molecular complexity index is 1630. The highest BCUT2D eigenvalue weighted by Crippen LogP contribution is 2.39. The maximum Gasteiger partial charge on any atom is 0.274 e. The first-order chi connectivity index (χ1) is 20.1. The second-order valence-electron chi connectivity index (χ2n) is 10.5. The second kappa shape index (κ2) is 14.0. The van der Waals surface area contributed by atoms with Gasteiger partial charge in [-0.15, -0.1) is 0 Å². The standard InChI is InChI=1S/C32H40N4O5S/c1-6-36(7-2)16-9-8-15-33-31(37)27-18-25-26(19-35(5)32(38)29(25)34-27)24-17-23(20-42(39)40)13-14-28(24)41-30-21(3)11-10-12-22(30)4/h10-14,17-19,34H,6-9,15-16,20H2,1-5H3,(H,33,37)(H,39,40). The van der Waals surface area contributed by atoms with Gasteiger partial charge in [-0.25, -0.2) is 4.21 Å². The fourth-order valence-corrected chi connectivity index (χ4v) is 5.61. The molecule has 0 fully saturated rings. The molecule has 10 heteroatoms. The first kappa shape index (κ1) is 31.2. The van der Waals surface area contributed by atoms with Gasteiger partial charge in [0.15, 0.2) is 11.1 Å². The average molecular weight is 593 g/mol. The lowest BCUT2D eigenvalue weighted by Gasteiger charge is -2.17. The lowest BCUT2D eigenvalue weighted by Crippen LogP contribution is -2.27. The van der Waals surface area contributed by atoms with Crippen LogP contribution in [0.5, 0.6) is 11.5 Å². The largest absolute Gasteiger partial charge is 0.456 e. The summed E-state index contributed by atoms with van der Waals surface area (Å²) >= 11 is -2.04. The van der Waals surface area contributed by atoms with Crippen molar-refractivity contribution in [2.45, 2.75) is 46.3 Å². The number of carbonyl (C=O) groups excluding carboxylic acids is 1. The summed E-state index contributed by atoms with van der Waals surface area (Å²) in [5.41, 5.74) is 4.20. The maximum absolute atomic E-state index is 13.1. The summed E-state index contributed by atoms with van der Waals surface area (Å²) in [5, 5.41) is 3.53. The number of unbranched alkanes of at least 4 members (excludes halogenated alkanes) is 1. The number of carbonyl (C=O) groups is 1. The number of fused-ring (bicyclic) bond motifs is 1. The van der Waals surface area contributed by atoms with Gasteiger partial charge in [-0.2, -0.15) is 0 Å². The zero-order valence-electron chi connectivity index (χ0n) is 25.0. The predicted octanol–water partition coefficient (Wildman–Crippen LogP) is 5.52. The molecule has 42 heavy (non-hydrogen) atoms. The molecular formula is C32H40N4O5S. The number of nitrogens with one attached hydrogen (secondary N) is 2. The van der Waals surface area contributed by atoms with E-state index in [4.69, 9.17) is 4.74 Å². The highest BCUT2D eigenvalue weighted by atomic mass is 32.2. The predicted molar refractivity (Wildman–Crippen MR) is 169 cm³/mol. The van der Waals surface area contributed by atoms with Crippen molar-refractivity contribution in [1.29, 1.82) is 0 Å². The number of hydrogen-bond donors (Lipinski definition) is 3. The van der Waals surface area contributed by atoms with Crippen molar-refractivity contribution in [3.63, 3.8) is 0 Å². The number of para-hydroxylation sites is 1.